The van der Waals surface area contributed by atoms with Gasteiger partial charge in [0.1, 0.15) is 24.1 Å². The van der Waals surface area contributed by atoms with E-state index in [0.29, 0.717) is 26.1 Å². The van der Waals surface area contributed by atoms with E-state index in [2.05, 4.69) is 36.9 Å². The predicted molar refractivity (Wildman–Crippen MR) is 90.2 cm³/mol. The minimum atomic E-state index is 0.455. The molecule has 2 aromatic rings. The van der Waals surface area contributed by atoms with Crippen LogP contribution in [0.2, 0.25) is 0 Å². The summed E-state index contributed by atoms with van der Waals surface area (Å²) in [6.45, 7) is 3.03. The fourth-order valence-corrected chi connectivity index (χ4v) is 3.16. The third kappa shape index (κ3) is 2.46. The Kier molecular flexibility index (Phi) is 3.96. The molecule has 4 heterocycles. The summed E-state index contributed by atoms with van der Waals surface area (Å²) in [6.07, 6.45) is 5.91. The first kappa shape index (κ1) is 15.2. The van der Waals surface area contributed by atoms with Crippen LogP contribution in [0.4, 0.5) is 0 Å². The van der Waals surface area contributed by atoms with E-state index in [1.807, 2.05) is 12.4 Å². The predicted octanol–water partition coefficient (Wildman–Crippen LogP) is -1.66. The van der Waals surface area contributed by atoms with Crippen molar-refractivity contribution < 1.29 is 0 Å². The van der Waals surface area contributed by atoms with Gasteiger partial charge >= 0.3 is 0 Å². The van der Waals surface area contributed by atoms with Gasteiger partial charge in [-0.25, -0.2) is 0 Å². The van der Waals surface area contributed by atoms with E-state index < -0.39 is 0 Å². The van der Waals surface area contributed by atoms with Crippen LogP contribution in [0.15, 0.2) is 32.4 Å². The van der Waals surface area contributed by atoms with E-state index in [1.165, 1.54) is 0 Å². The molecule has 8 heteroatoms. The van der Waals surface area contributed by atoms with Crippen LogP contribution in [-0.4, -0.2) is 38.2 Å². The maximum absolute atomic E-state index is 5.54. The third-order valence-corrected chi connectivity index (χ3v) is 4.30. The number of rotatable bonds is 5. The zero-order valence-corrected chi connectivity index (χ0v) is 13.5. The molecular formula is C16H15B2N6. The van der Waals surface area contributed by atoms with Crippen LogP contribution in [0.1, 0.15) is 29.4 Å². The second-order valence-electron chi connectivity index (χ2n) is 5.74. The highest BCUT2D eigenvalue weighted by molar-refractivity contribution is 6.89. The number of pyridine rings is 2. The lowest BCUT2D eigenvalue weighted by Gasteiger charge is -2.05. The van der Waals surface area contributed by atoms with E-state index in [1.54, 1.807) is 7.17 Å². The van der Waals surface area contributed by atoms with Crippen molar-refractivity contribution in [3.8, 4) is 0 Å². The lowest BCUT2D eigenvalue weighted by molar-refractivity contribution is 0.949. The van der Waals surface area contributed by atoms with E-state index in [-0.39, 0.29) is 0 Å². The minimum absolute atomic E-state index is 0.455. The van der Waals surface area contributed by atoms with Crippen LogP contribution < -0.4 is 21.4 Å². The van der Waals surface area contributed by atoms with Gasteiger partial charge in [-0.15, -0.1) is 0 Å². The van der Waals surface area contributed by atoms with Gasteiger partial charge in [0, 0.05) is 37.7 Å². The summed E-state index contributed by atoms with van der Waals surface area (Å²) in [5.41, 5.74) is 3.99. The number of aromatic nitrogens is 2. The topological polar surface area (TPSA) is 75.2 Å². The normalized spacial score (nSPS) is 14.0. The molecule has 0 aromatic carbocycles. The van der Waals surface area contributed by atoms with Crippen molar-refractivity contribution in [3.05, 3.63) is 56.3 Å². The SMILES string of the molecule is [B][B]Cc1ncc(Cc2cnc(CC)c3c2=NCN=3)c2c1=NCN=2. The molecule has 0 bridgehead atoms. The molecule has 4 rings (SSSR count). The number of nitrogens with zero attached hydrogens (tertiary/aromatic N) is 6. The van der Waals surface area contributed by atoms with Gasteiger partial charge in [-0.3, -0.25) is 29.9 Å². The molecule has 0 N–H and O–H groups in total. The fraction of sp³-hybridized carbons (Fsp3) is 0.375. The summed E-state index contributed by atoms with van der Waals surface area (Å²) in [5.74, 6) is 0. The Balaban J connectivity index is 1.80. The second kappa shape index (κ2) is 6.26. The number of aryl methyl sites for hydroxylation is 1. The van der Waals surface area contributed by atoms with Gasteiger partial charge in [0.2, 0.25) is 0 Å². The smallest absolute Gasteiger partial charge is 0.131 e. The Morgan fingerprint density at radius 1 is 0.875 bits per heavy atom. The zero-order valence-electron chi connectivity index (χ0n) is 13.5. The molecule has 0 atom stereocenters. The molecule has 6 nitrogen and oxygen atoms in total. The average molecular weight is 313 g/mol. The summed E-state index contributed by atoms with van der Waals surface area (Å²) in [7, 11) is 7.13. The second-order valence-corrected chi connectivity index (χ2v) is 5.74. The van der Waals surface area contributed by atoms with Crippen molar-refractivity contribution in [2.45, 2.75) is 26.1 Å². The van der Waals surface area contributed by atoms with E-state index in [4.69, 9.17) is 7.74 Å². The highest BCUT2D eigenvalue weighted by atomic mass is 15.0. The summed E-state index contributed by atoms with van der Waals surface area (Å²) in [4.78, 5) is 27.1. The number of hydrogen-bond donors (Lipinski definition) is 0. The first-order chi connectivity index (χ1) is 11.8. The van der Waals surface area contributed by atoms with Crippen LogP contribution in [0.25, 0.3) is 0 Å². The molecule has 0 saturated heterocycles. The van der Waals surface area contributed by atoms with Crippen LogP contribution in [0.3, 0.4) is 0 Å². The Labute approximate surface area is 141 Å². The first-order valence-electron chi connectivity index (χ1n) is 8.06. The van der Waals surface area contributed by atoms with Gasteiger partial charge in [-0.1, -0.05) is 6.92 Å². The molecule has 24 heavy (non-hydrogen) atoms. The van der Waals surface area contributed by atoms with Crippen LogP contribution in [0, 0.1) is 0 Å². The van der Waals surface area contributed by atoms with Crippen molar-refractivity contribution in [2.24, 2.45) is 20.0 Å². The lowest BCUT2D eigenvalue weighted by atomic mass is 9.53. The summed E-state index contributed by atoms with van der Waals surface area (Å²) < 4.78 is 0. The highest BCUT2D eigenvalue weighted by Gasteiger charge is 2.13. The Bertz CT molecular complexity index is 1050. The van der Waals surface area contributed by atoms with Crippen LogP contribution in [-0.2, 0) is 19.2 Å². The van der Waals surface area contributed by atoms with Crippen LogP contribution in [0.5, 0.6) is 0 Å². The van der Waals surface area contributed by atoms with Crippen molar-refractivity contribution in [3.63, 3.8) is 0 Å². The molecule has 0 aliphatic carbocycles. The molecule has 0 saturated carbocycles. The van der Waals surface area contributed by atoms with Crippen molar-refractivity contribution >= 4 is 14.9 Å². The zero-order chi connectivity index (χ0) is 16.5. The van der Waals surface area contributed by atoms with Gasteiger partial charge in [-0.2, -0.15) is 0 Å². The lowest BCUT2D eigenvalue weighted by Crippen LogP contribution is -2.35. The monoisotopic (exact) mass is 313 g/mol. The van der Waals surface area contributed by atoms with E-state index >= 15 is 0 Å². The molecular weight excluding hydrogens is 298 g/mol. The van der Waals surface area contributed by atoms with Gasteiger partial charge in [0.05, 0.1) is 29.3 Å². The molecule has 0 unspecified atom stereocenters. The van der Waals surface area contributed by atoms with Gasteiger partial charge in [0.25, 0.3) is 0 Å². The molecule has 0 spiro atoms. The number of hydrogen-bond acceptors (Lipinski definition) is 6. The molecule has 2 aromatic heterocycles. The minimum Gasteiger partial charge on any atom is -0.259 e. The summed E-state index contributed by atoms with van der Waals surface area (Å²) in [6, 6.07) is 0. The van der Waals surface area contributed by atoms with Crippen LogP contribution >= 0.6 is 0 Å². The average Bonchev–Trinajstić information content (AvgIpc) is 3.26. The van der Waals surface area contributed by atoms with Gasteiger partial charge in [-0.05, 0) is 12.7 Å². The standard InChI is InChI=1S/C16H15B2N6/c1-2-11-15-13(21-7-23-15)9(5-19-11)3-10-6-20-12(4-18-17)16-14(10)22-8-24-16/h5-6H,2-4,7-8H2,1H3. The summed E-state index contributed by atoms with van der Waals surface area (Å²) >= 11 is 0. The first-order valence-corrected chi connectivity index (χ1v) is 8.06. The molecule has 2 aliphatic rings. The molecule has 0 fully saturated rings. The van der Waals surface area contributed by atoms with Crippen molar-refractivity contribution in [1.82, 2.24) is 9.97 Å². The highest BCUT2D eigenvalue weighted by Crippen LogP contribution is 2.02. The van der Waals surface area contributed by atoms with Crippen molar-refractivity contribution in [2.75, 3.05) is 13.3 Å². The third-order valence-electron chi connectivity index (χ3n) is 4.30. The maximum Gasteiger partial charge on any atom is 0.131 e. The molecule has 2 aliphatic heterocycles. The fourth-order valence-electron chi connectivity index (χ4n) is 3.16. The molecule has 0 amide bonds. The molecule has 3 radical (unpaired) electrons. The summed E-state index contributed by atoms with van der Waals surface area (Å²) in [5, 5.41) is 3.69. The van der Waals surface area contributed by atoms with Gasteiger partial charge < -0.3 is 0 Å². The maximum atomic E-state index is 5.54. The Morgan fingerprint density at radius 2 is 1.42 bits per heavy atom. The Hall–Kier alpha value is -2.37. The number of fused-ring (bicyclic) bond motifs is 2. The van der Waals surface area contributed by atoms with Crippen molar-refractivity contribution in [1.29, 1.82) is 0 Å². The van der Waals surface area contributed by atoms with E-state index in [9.17, 15) is 0 Å². The van der Waals surface area contributed by atoms with E-state index in [0.717, 1.165) is 50.4 Å². The van der Waals surface area contributed by atoms with Gasteiger partial charge in [0.15, 0.2) is 0 Å². The molecule has 115 valence electrons. The Morgan fingerprint density at radius 3 is 2.00 bits per heavy atom. The largest absolute Gasteiger partial charge is 0.259 e. The quantitative estimate of drug-likeness (QED) is 0.620.